The van der Waals surface area contributed by atoms with Crippen LogP contribution in [0, 0.1) is 6.92 Å². The molecule has 17 heavy (non-hydrogen) atoms. The van der Waals surface area contributed by atoms with Crippen LogP contribution in [-0.4, -0.2) is 31.1 Å². The molecule has 0 bridgehead atoms. The largest absolute Gasteiger partial charge is 0.378 e. The van der Waals surface area contributed by atoms with E-state index in [1.54, 1.807) is 0 Å². The summed E-state index contributed by atoms with van der Waals surface area (Å²) in [4.78, 5) is 12.1. The quantitative estimate of drug-likeness (QED) is 0.811. The predicted molar refractivity (Wildman–Crippen MR) is 67.3 cm³/mol. The van der Waals surface area contributed by atoms with Gasteiger partial charge in [-0.2, -0.15) is 0 Å². The lowest BCUT2D eigenvalue weighted by Crippen LogP contribution is -2.48. The second kappa shape index (κ2) is 5.43. The number of nitrogens with one attached hydrogen (secondary N) is 1. The van der Waals surface area contributed by atoms with Crippen LogP contribution in [0.4, 0.5) is 0 Å². The number of hydrogen-bond acceptors (Lipinski definition) is 3. The van der Waals surface area contributed by atoms with Crippen LogP contribution in [0.25, 0.3) is 0 Å². The number of hydrogen-bond donors (Lipinski definition) is 1. The van der Waals surface area contributed by atoms with E-state index in [1.807, 2.05) is 31.2 Å². The van der Waals surface area contributed by atoms with Crippen LogP contribution in [0.1, 0.15) is 29.3 Å². The Kier molecular flexibility index (Phi) is 3.92. The first-order valence-corrected chi connectivity index (χ1v) is 6.09. The molecule has 1 fully saturated rings. The average Bonchev–Trinajstić information content (AvgIpc) is 2.29. The van der Waals surface area contributed by atoms with Gasteiger partial charge in [-0.05, 0) is 19.9 Å². The van der Waals surface area contributed by atoms with E-state index in [0.29, 0.717) is 19.1 Å². The zero-order chi connectivity index (χ0) is 12.3. The lowest BCUT2D eigenvalue weighted by Gasteiger charge is -2.28. The molecule has 1 aromatic rings. The van der Waals surface area contributed by atoms with Gasteiger partial charge >= 0.3 is 0 Å². The molecule has 1 N–H and O–H groups in total. The van der Waals surface area contributed by atoms with Crippen LogP contribution in [0.2, 0.25) is 0 Å². The Bertz CT molecular complexity index is 403. The highest BCUT2D eigenvalue weighted by atomic mass is 16.5. The van der Waals surface area contributed by atoms with E-state index in [4.69, 9.17) is 4.74 Å². The molecule has 3 nitrogen and oxygen atoms in total. The van der Waals surface area contributed by atoms with Gasteiger partial charge in [-0.15, -0.1) is 0 Å². The number of ether oxygens (including phenoxy) is 1. The normalized spacial score (nSPS) is 24.6. The first kappa shape index (κ1) is 12.3. The average molecular weight is 233 g/mol. The van der Waals surface area contributed by atoms with Crippen molar-refractivity contribution in [1.82, 2.24) is 5.32 Å². The van der Waals surface area contributed by atoms with E-state index in [2.05, 4.69) is 12.2 Å². The second-order valence-corrected chi connectivity index (χ2v) is 4.80. The second-order valence-electron chi connectivity index (χ2n) is 4.80. The van der Waals surface area contributed by atoms with Crippen LogP contribution >= 0.6 is 0 Å². The third-order valence-corrected chi connectivity index (χ3v) is 2.98. The maximum Gasteiger partial charge on any atom is 0.164 e. The van der Waals surface area contributed by atoms with Gasteiger partial charge in [0.25, 0.3) is 0 Å². The molecule has 1 aliphatic heterocycles. The Morgan fingerprint density at radius 3 is 3.00 bits per heavy atom. The van der Waals surface area contributed by atoms with Crippen LogP contribution in [0.5, 0.6) is 0 Å². The molecule has 0 radical (unpaired) electrons. The monoisotopic (exact) mass is 233 g/mol. The first-order valence-electron chi connectivity index (χ1n) is 6.09. The molecule has 2 rings (SSSR count). The zero-order valence-corrected chi connectivity index (χ0v) is 10.4. The van der Waals surface area contributed by atoms with E-state index < -0.39 is 0 Å². The molecular weight excluding hydrogens is 214 g/mol. The molecular formula is C14H19NO2. The van der Waals surface area contributed by atoms with Crippen LogP contribution < -0.4 is 5.32 Å². The van der Waals surface area contributed by atoms with E-state index in [9.17, 15) is 4.79 Å². The van der Waals surface area contributed by atoms with E-state index in [1.165, 1.54) is 0 Å². The van der Waals surface area contributed by atoms with Crippen molar-refractivity contribution in [3.05, 3.63) is 35.4 Å². The third kappa shape index (κ3) is 3.38. The van der Waals surface area contributed by atoms with Gasteiger partial charge in [0.2, 0.25) is 0 Å². The SMILES string of the molecule is Cc1cccc(C(=O)CC2COCC(C)N2)c1. The van der Waals surface area contributed by atoms with Crippen LogP contribution in [-0.2, 0) is 4.74 Å². The molecule has 1 heterocycles. The number of ketones is 1. The highest BCUT2D eigenvalue weighted by Crippen LogP contribution is 2.11. The van der Waals surface area contributed by atoms with Gasteiger partial charge < -0.3 is 10.1 Å². The van der Waals surface area contributed by atoms with Gasteiger partial charge in [0.1, 0.15) is 0 Å². The number of rotatable bonds is 3. The Morgan fingerprint density at radius 2 is 2.29 bits per heavy atom. The summed E-state index contributed by atoms with van der Waals surface area (Å²) in [6, 6.07) is 8.22. The minimum atomic E-state index is 0.145. The third-order valence-electron chi connectivity index (χ3n) is 2.98. The van der Waals surface area contributed by atoms with Crippen molar-refractivity contribution in [3.8, 4) is 0 Å². The molecule has 2 unspecified atom stereocenters. The lowest BCUT2D eigenvalue weighted by atomic mass is 10.0. The van der Waals surface area contributed by atoms with Crippen molar-refractivity contribution < 1.29 is 9.53 Å². The summed E-state index contributed by atoms with van der Waals surface area (Å²) >= 11 is 0. The molecule has 0 aliphatic carbocycles. The molecule has 0 saturated carbocycles. The standard InChI is InChI=1S/C14H19NO2/c1-10-4-3-5-12(6-10)14(16)7-13-9-17-8-11(2)15-13/h3-6,11,13,15H,7-9H2,1-2H3. The van der Waals surface area contributed by atoms with Gasteiger partial charge in [0, 0.05) is 24.1 Å². The van der Waals surface area contributed by atoms with Gasteiger partial charge in [-0.25, -0.2) is 0 Å². The zero-order valence-electron chi connectivity index (χ0n) is 10.4. The van der Waals surface area contributed by atoms with E-state index >= 15 is 0 Å². The van der Waals surface area contributed by atoms with Gasteiger partial charge in [0.05, 0.1) is 13.2 Å². The van der Waals surface area contributed by atoms with Crippen LogP contribution in [0.3, 0.4) is 0 Å². The topological polar surface area (TPSA) is 38.3 Å². The Labute approximate surface area is 102 Å². The smallest absolute Gasteiger partial charge is 0.164 e. The van der Waals surface area contributed by atoms with Crippen molar-refractivity contribution in [1.29, 1.82) is 0 Å². The summed E-state index contributed by atoms with van der Waals surface area (Å²) in [5.41, 5.74) is 1.92. The molecule has 92 valence electrons. The first-order chi connectivity index (χ1) is 8.15. The summed E-state index contributed by atoms with van der Waals surface area (Å²) < 4.78 is 5.44. The van der Waals surface area contributed by atoms with Crippen LogP contribution in [0.15, 0.2) is 24.3 Å². The van der Waals surface area contributed by atoms with Gasteiger partial charge in [0.15, 0.2) is 5.78 Å². The minimum Gasteiger partial charge on any atom is -0.378 e. The lowest BCUT2D eigenvalue weighted by molar-refractivity contribution is 0.0463. The molecule has 3 heteroatoms. The molecule has 1 aliphatic rings. The molecule has 0 aromatic heterocycles. The fourth-order valence-electron chi connectivity index (χ4n) is 2.16. The number of aryl methyl sites for hydroxylation is 1. The molecule has 1 aromatic carbocycles. The molecule has 1 saturated heterocycles. The highest BCUT2D eigenvalue weighted by molar-refractivity contribution is 5.96. The molecule has 0 amide bonds. The Morgan fingerprint density at radius 1 is 1.47 bits per heavy atom. The molecule has 2 atom stereocenters. The van der Waals surface area contributed by atoms with Crippen molar-refractivity contribution >= 4 is 5.78 Å². The summed E-state index contributed by atoms with van der Waals surface area (Å²) in [5, 5.41) is 3.39. The fourth-order valence-corrected chi connectivity index (χ4v) is 2.16. The number of carbonyl (C=O) groups excluding carboxylic acids is 1. The maximum absolute atomic E-state index is 12.1. The summed E-state index contributed by atoms with van der Waals surface area (Å²) in [6.45, 7) is 5.43. The molecule has 0 spiro atoms. The highest BCUT2D eigenvalue weighted by Gasteiger charge is 2.21. The van der Waals surface area contributed by atoms with Crippen molar-refractivity contribution in [2.75, 3.05) is 13.2 Å². The van der Waals surface area contributed by atoms with Gasteiger partial charge in [-0.3, -0.25) is 4.79 Å². The van der Waals surface area contributed by atoms with Gasteiger partial charge in [-0.1, -0.05) is 23.8 Å². The summed E-state index contributed by atoms with van der Waals surface area (Å²) in [5.74, 6) is 0.184. The van der Waals surface area contributed by atoms with E-state index in [0.717, 1.165) is 17.7 Å². The maximum atomic E-state index is 12.1. The van der Waals surface area contributed by atoms with Crippen molar-refractivity contribution in [3.63, 3.8) is 0 Å². The Balaban J connectivity index is 1.97. The number of carbonyl (C=O) groups is 1. The van der Waals surface area contributed by atoms with Crippen molar-refractivity contribution in [2.24, 2.45) is 0 Å². The Hall–Kier alpha value is -1.19. The number of morpholine rings is 1. The summed E-state index contributed by atoms with van der Waals surface area (Å²) in [7, 11) is 0. The fraction of sp³-hybridized carbons (Fsp3) is 0.500. The number of benzene rings is 1. The summed E-state index contributed by atoms with van der Waals surface area (Å²) in [6.07, 6.45) is 0.508. The van der Waals surface area contributed by atoms with E-state index in [-0.39, 0.29) is 11.8 Å². The minimum absolute atomic E-state index is 0.145. The predicted octanol–water partition coefficient (Wildman–Crippen LogP) is 1.94. The number of Topliss-reactive ketones (excluding diaryl/α,β-unsaturated/α-hetero) is 1. The van der Waals surface area contributed by atoms with Crippen molar-refractivity contribution in [2.45, 2.75) is 32.4 Å².